The summed E-state index contributed by atoms with van der Waals surface area (Å²) in [5, 5.41) is 0. The molecule has 17 heavy (non-hydrogen) atoms. The van der Waals surface area contributed by atoms with Crippen molar-refractivity contribution in [2.75, 3.05) is 0 Å². The lowest BCUT2D eigenvalue weighted by molar-refractivity contribution is 0.535. The number of aryl methyl sites for hydroxylation is 1. The fraction of sp³-hybridized carbons (Fsp3) is 0.462. The topological polar surface area (TPSA) is 24.9 Å². The van der Waals surface area contributed by atoms with Gasteiger partial charge in [0.05, 0.1) is 10.2 Å². The lowest BCUT2D eigenvalue weighted by atomic mass is 10.1. The summed E-state index contributed by atoms with van der Waals surface area (Å²) in [6.07, 6.45) is 1.07. The van der Waals surface area contributed by atoms with Crippen molar-refractivity contribution in [1.29, 1.82) is 0 Å². The molecule has 0 bridgehead atoms. The van der Waals surface area contributed by atoms with Gasteiger partial charge in [0.2, 0.25) is 0 Å². The zero-order chi connectivity index (χ0) is 12.5. The van der Waals surface area contributed by atoms with Crippen molar-refractivity contribution >= 4 is 33.5 Å². The third kappa shape index (κ3) is 3.44. The normalized spacial score (nSPS) is 12.2. The number of aromatic nitrogens is 1. The molecule has 0 fully saturated rings. The van der Waals surface area contributed by atoms with Crippen molar-refractivity contribution in [2.24, 2.45) is 0 Å². The van der Waals surface area contributed by atoms with Crippen molar-refractivity contribution < 1.29 is 0 Å². The zero-order valence-corrected chi connectivity index (χ0v) is 12.3. The highest BCUT2D eigenvalue weighted by Crippen LogP contribution is 2.29. The van der Waals surface area contributed by atoms with E-state index < -0.39 is 0 Å². The summed E-state index contributed by atoms with van der Waals surface area (Å²) in [5.41, 5.74) is 2.58. The Bertz CT molecular complexity index is 512. The van der Waals surface area contributed by atoms with Gasteiger partial charge in [0.15, 0.2) is 4.34 Å². The van der Waals surface area contributed by atoms with Crippen LogP contribution in [0, 0.1) is 0 Å². The fourth-order valence-electron chi connectivity index (χ4n) is 1.41. The SMILES string of the molecule is CCc1ccc2sc(SNC(C)(C)C)nc2c1. The van der Waals surface area contributed by atoms with E-state index in [1.165, 1.54) is 10.3 Å². The Morgan fingerprint density at radius 3 is 2.76 bits per heavy atom. The van der Waals surface area contributed by atoms with E-state index in [9.17, 15) is 0 Å². The van der Waals surface area contributed by atoms with Gasteiger partial charge in [-0.05, 0) is 56.8 Å². The van der Waals surface area contributed by atoms with Crippen LogP contribution in [-0.2, 0) is 6.42 Å². The maximum atomic E-state index is 4.64. The monoisotopic (exact) mass is 266 g/mol. The number of hydrogen-bond donors (Lipinski definition) is 1. The molecule has 0 aliphatic heterocycles. The van der Waals surface area contributed by atoms with Gasteiger partial charge in [0.25, 0.3) is 0 Å². The van der Waals surface area contributed by atoms with Gasteiger partial charge >= 0.3 is 0 Å². The number of nitrogens with zero attached hydrogens (tertiary/aromatic N) is 1. The number of nitrogens with one attached hydrogen (secondary N) is 1. The van der Waals surface area contributed by atoms with Crippen molar-refractivity contribution in [2.45, 2.75) is 44.0 Å². The average molecular weight is 266 g/mol. The molecule has 0 saturated carbocycles. The van der Waals surface area contributed by atoms with Crippen molar-refractivity contribution in [3.63, 3.8) is 0 Å². The van der Waals surface area contributed by atoms with Crippen molar-refractivity contribution in [3.8, 4) is 0 Å². The Hall–Kier alpha value is -0.580. The van der Waals surface area contributed by atoms with Crippen LogP contribution in [0.2, 0.25) is 0 Å². The van der Waals surface area contributed by atoms with Gasteiger partial charge < -0.3 is 0 Å². The number of rotatable bonds is 3. The van der Waals surface area contributed by atoms with E-state index in [4.69, 9.17) is 0 Å². The van der Waals surface area contributed by atoms with E-state index in [1.807, 2.05) is 0 Å². The Morgan fingerprint density at radius 2 is 2.12 bits per heavy atom. The second-order valence-electron chi connectivity index (χ2n) is 5.09. The molecule has 0 unspecified atom stereocenters. The Morgan fingerprint density at radius 1 is 1.35 bits per heavy atom. The molecule has 2 rings (SSSR count). The molecular weight excluding hydrogens is 248 g/mol. The van der Waals surface area contributed by atoms with Crippen LogP contribution in [0.3, 0.4) is 0 Å². The number of benzene rings is 1. The van der Waals surface area contributed by atoms with Gasteiger partial charge in [-0.2, -0.15) is 0 Å². The van der Waals surface area contributed by atoms with Crippen LogP contribution in [0.5, 0.6) is 0 Å². The molecule has 0 atom stereocenters. The molecule has 92 valence electrons. The molecule has 0 saturated heterocycles. The summed E-state index contributed by atoms with van der Waals surface area (Å²) >= 11 is 3.37. The van der Waals surface area contributed by atoms with Gasteiger partial charge in [0.1, 0.15) is 0 Å². The maximum absolute atomic E-state index is 4.64. The van der Waals surface area contributed by atoms with E-state index in [-0.39, 0.29) is 5.54 Å². The van der Waals surface area contributed by atoms with Crippen LogP contribution >= 0.6 is 23.3 Å². The molecule has 0 radical (unpaired) electrons. The summed E-state index contributed by atoms with van der Waals surface area (Å²) in [6, 6.07) is 6.55. The summed E-state index contributed by atoms with van der Waals surface area (Å²) < 4.78 is 5.74. The smallest absolute Gasteiger partial charge is 0.166 e. The molecule has 1 aromatic heterocycles. The molecular formula is C13H18N2S2. The number of hydrogen-bond acceptors (Lipinski definition) is 4. The molecule has 1 N–H and O–H groups in total. The van der Waals surface area contributed by atoms with Crippen LogP contribution in [0.1, 0.15) is 33.3 Å². The highest BCUT2D eigenvalue weighted by atomic mass is 32.2. The minimum Gasteiger partial charge on any atom is -0.253 e. The summed E-state index contributed by atoms with van der Waals surface area (Å²) in [7, 11) is 0. The van der Waals surface area contributed by atoms with Gasteiger partial charge in [-0.15, -0.1) is 11.3 Å². The molecule has 2 aromatic rings. The molecule has 4 heteroatoms. The minimum atomic E-state index is 0.108. The molecule has 2 nitrogen and oxygen atoms in total. The highest BCUT2D eigenvalue weighted by Gasteiger charge is 2.11. The van der Waals surface area contributed by atoms with E-state index in [0.717, 1.165) is 16.3 Å². The Kier molecular flexibility index (Phi) is 3.76. The van der Waals surface area contributed by atoms with Crippen LogP contribution < -0.4 is 4.72 Å². The number of fused-ring (bicyclic) bond motifs is 1. The zero-order valence-electron chi connectivity index (χ0n) is 10.7. The molecule has 0 aliphatic carbocycles. The highest BCUT2D eigenvalue weighted by molar-refractivity contribution is 7.99. The first-order chi connectivity index (χ1) is 7.98. The molecule has 1 heterocycles. The summed E-state index contributed by atoms with van der Waals surface area (Å²) in [5.74, 6) is 0. The summed E-state index contributed by atoms with van der Waals surface area (Å²) in [4.78, 5) is 4.64. The van der Waals surface area contributed by atoms with E-state index in [2.05, 4.69) is 55.6 Å². The minimum absolute atomic E-state index is 0.108. The van der Waals surface area contributed by atoms with Gasteiger partial charge in [0, 0.05) is 5.54 Å². The third-order valence-electron chi connectivity index (χ3n) is 2.29. The van der Waals surface area contributed by atoms with Crippen LogP contribution in [0.4, 0.5) is 0 Å². The fourth-order valence-corrected chi connectivity index (χ4v) is 3.19. The molecule has 0 aliphatic rings. The van der Waals surface area contributed by atoms with Gasteiger partial charge in [-0.25, -0.2) is 4.98 Å². The standard InChI is InChI=1S/C13H18N2S2/c1-5-9-6-7-11-10(8-9)14-12(16-11)17-15-13(2,3)4/h6-8,15H,5H2,1-4H3. The lowest BCUT2D eigenvalue weighted by Gasteiger charge is -2.17. The van der Waals surface area contributed by atoms with Gasteiger partial charge in [-0.3, -0.25) is 4.72 Å². The molecule has 0 spiro atoms. The Balaban J connectivity index is 2.20. The van der Waals surface area contributed by atoms with Gasteiger partial charge in [-0.1, -0.05) is 13.0 Å². The largest absolute Gasteiger partial charge is 0.253 e. The summed E-state index contributed by atoms with van der Waals surface area (Å²) in [6.45, 7) is 8.64. The Labute approximate surface area is 111 Å². The second kappa shape index (κ2) is 4.96. The predicted octanol–water partition coefficient (Wildman–Crippen LogP) is 4.25. The molecule has 0 amide bonds. The second-order valence-corrected chi connectivity index (χ2v) is 7.17. The molecule has 1 aromatic carbocycles. The quantitative estimate of drug-likeness (QED) is 0.841. The van der Waals surface area contributed by atoms with E-state index >= 15 is 0 Å². The van der Waals surface area contributed by atoms with Crippen molar-refractivity contribution in [3.05, 3.63) is 23.8 Å². The first kappa shape index (κ1) is 12.9. The van der Waals surface area contributed by atoms with E-state index in [0.29, 0.717) is 0 Å². The van der Waals surface area contributed by atoms with E-state index in [1.54, 1.807) is 23.3 Å². The maximum Gasteiger partial charge on any atom is 0.166 e. The predicted molar refractivity (Wildman–Crippen MR) is 77.7 cm³/mol. The van der Waals surface area contributed by atoms with Crippen molar-refractivity contribution in [1.82, 2.24) is 9.71 Å². The lowest BCUT2D eigenvalue weighted by Crippen LogP contribution is -2.29. The van der Waals surface area contributed by atoms with Crippen LogP contribution in [0.25, 0.3) is 10.2 Å². The number of thiazole rings is 1. The third-order valence-corrected chi connectivity index (χ3v) is 4.60. The average Bonchev–Trinajstić information content (AvgIpc) is 2.66. The first-order valence-corrected chi connectivity index (χ1v) is 7.45. The van der Waals surface area contributed by atoms with Crippen LogP contribution in [0.15, 0.2) is 22.5 Å². The van der Waals surface area contributed by atoms with Crippen LogP contribution in [-0.4, -0.2) is 10.5 Å². The first-order valence-electron chi connectivity index (χ1n) is 5.81.